The SMILES string of the molecule is Cc1ccc2nc(-c3nccn3C)cc(NCCN(C)C)c2c1. The second kappa shape index (κ2) is 6.38. The highest BCUT2D eigenvalue weighted by atomic mass is 15.1. The summed E-state index contributed by atoms with van der Waals surface area (Å²) >= 11 is 0. The van der Waals surface area contributed by atoms with Crippen LogP contribution in [0.25, 0.3) is 22.4 Å². The number of hydrogen-bond donors (Lipinski definition) is 1. The maximum atomic E-state index is 4.79. The molecule has 23 heavy (non-hydrogen) atoms. The van der Waals surface area contributed by atoms with Gasteiger partial charge in [0, 0.05) is 43.6 Å². The Morgan fingerprint density at radius 2 is 2.04 bits per heavy atom. The zero-order chi connectivity index (χ0) is 16.4. The summed E-state index contributed by atoms with van der Waals surface area (Å²) in [6, 6.07) is 8.46. The zero-order valence-electron chi connectivity index (χ0n) is 14.2. The molecule has 3 rings (SSSR count). The van der Waals surface area contributed by atoms with E-state index in [1.165, 1.54) is 5.56 Å². The molecule has 1 aromatic carbocycles. The summed E-state index contributed by atoms with van der Waals surface area (Å²) in [4.78, 5) is 11.4. The van der Waals surface area contributed by atoms with E-state index in [1.54, 1.807) is 6.20 Å². The minimum absolute atomic E-state index is 0.878. The zero-order valence-corrected chi connectivity index (χ0v) is 14.2. The smallest absolute Gasteiger partial charge is 0.158 e. The number of rotatable bonds is 5. The predicted octanol–water partition coefficient (Wildman–Crippen LogP) is 2.92. The molecule has 5 nitrogen and oxygen atoms in total. The first kappa shape index (κ1) is 15.5. The Morgan fingerprint density at radius 3 is 2.74 bits per heavy atom. The van der Waals surface area contributed by atoms with Crippen molar-refractivity contribution in [3.8, 4) is 11.5 Å². The Morgan fingerprint density at radius 1 is 1.22 bits per heavy atom. The highest BCUT2D eigenvalue weighted by Crippen LogP contribution is 2.28. The maximum Gasteiger partial charge on any atom is 0.158 e. The van der Waals surface area contributed by atoms with E-state index in [-0.39, 0.29) is 0 Å². The molecule has 2 heterocycles. The van der Waals surface area contributed by atoms with Crippen LogP contribution in [0, 0.1) is 6.92 Å². The summed E-state index contributed by atoms with van der Waals surface area (Å²) < 4.78 is 1.99. The molecule has 0 spiro atoms. The first-order valence-electron chi connectivity index (χ1n) is 7.82. The van der Waals surface area contributed by atoms with E-state index in [1.807, 2.05) is 17.8 Å². The van der Waals surface area contributed by atoms with Gasteiger partial charge in [0.05, 0.1) is 5.52 Å². The molecule has 5 heteroatoms. The number of hydrogen-bond acceptors (Lipinski definition) is 4. The molecule has 0 saturated heterocycles. The number of likely N-dealkylation sites (N-methyl/N-ethyl adjacent to an activating group) is 1. The Labute approximate surface area is 137 Å². The van der Waals surface area contributed by atoms with Gasteiger partial charge in [-0.2, -0.15) is 0 Å². The first-order chi connectivity index (χ1) is 11.0. The average molecular weight is 309 g/mol. The molecule has 120 valence electrons. The number of pyridine rings is 1. The second-order valence-corrected chi connectivity index (χ2v) is 6.17. The van der Waals surface area contributed by atoms with Crippen LogP contribution in [0.2, 0.25) is 0 Å². The van der Waals surface area contributed by atoms with Gasteiger partial charge in [-0.15, -0.1) is 0 Å². The van der Waals surface area contributed by atoms with E-state index in [0.717, 1.165) is 41.2 Å². The van der Waals surface area contributed by atoms with Crippen molar-refractivity contribution in [2.75, 3.05) is 32.5 Å². The normalized spacial score (nSPS) is 11.3. The summed E-state index contributed by atoms with van der Waals surface area (Å²) in [5, 5.41) is 4.70. The highest BCUT2D eigenvalue weighted by molar-refractivity contribution is 5.93. The van der Waals surface area contributed by atoms with Crippen molar-refractivity contribution in [3.05, 3.63) is 42.2 Å². The Bertz CT molecular complexity index is 819. The number of nitrogens with one attached hydrogen (secondary N) is 1. The summed E-state index contributed by atoms with van der Waals surface area (Å²) in [5.74, 6) is 0.878. The van der Waals surface area contributed by atoms with E-state index in [0.29, 0.717) is 0 Å². The van der Waals surface area contributed by atoms with Gasteiger partial charge >= 0.3 is 0 Å². The average Bonchev–Trinajstić information content (AvgIpc) is 2.93. The van der Waals surface area contributed by atoms with Crippen LogP contribution in [0.3, 0.4) is 0 Å². The lowest BCUT2D eigenvalue weighted by molar-refractivity contribution is 0.425. The molecule has 0 atom stereocenters. The molecule has 0 bridgehead atoms. The minimum atomic E-state index is 0.878. The van der Waals surface area contributed by atoms with Crippen molar-refractivity contribution < 1.29 is 0 Å². The fourth-order valence-corrected chi connectivity index (χ4v) is 2.63. The molecule has 0 saturated carbocycles. The van der Waals surface area contributed by atoms with E-state index < -0.39 is 0 Å². The number of imidazole rings is 1. The summed E-state index contributed by atoms with van der Waals surface area (Å²) in [5.41, 5.74) is 4.22. The van der Waals surface area contributed by atoms with E-state index in [9.17, 15) is 0 Å². The molecule has 3 aromatic rings. The van der Waals surface area contributed by atoms with Crippen molar-refractivity contribution >= 4 is 16.6 Å². The standard InChI is InChI=1S/C18H23N5/c1-13-5-6-15-14(11-13)16(19-7-9-22(2)3)12-17(21-15)18-20-8-10-23(18)4/h5-6,8,10-12H,7,9H2,1-4H3,(H,19,21). The molecule has 0 fully saturated rings. The quantitative estimate of drug-likeness (QED) is 0.787. The molecule has 1 N–H and O–H groups in total. The van der Waals surface area contributed by atoms with Gasteiger partial charge in [0.25, 0.3) is 0 Å². The lowest BCUT2D eigenvalue weighted by atomic mass is 10.1. The number of benzene rings is 1. The summed E-state index contributed by atoms with van der Waals surface area (Å²) in [6.45, 7) is 3.98. The monoisotopic (exact) mass is 309 g/mol. The third kappa shape index (κ3) is 3.35. The van der Waals surface area contributed by atoms with Gasteiger partial charge in [0.2, 0.25) is 0 Å². The van der Waals surface area contributed by atoms with Crippen LogP contribution in [0.15, 0.2) is 36.7 Å². The molecule has 2 aromatic heterocycles. The van der Waals surface area contributed by atoms with Gasteiger partial charge in [0.15, 0.2) is 5.82 Å². The van der Waals surface area contributed by atoms with Gasteiger partial charge in [0.1, 0.15) is 5.69 Å². The molecule has 0 aliphatic rings. The third-order valence-corrected chi connectivity index (χ3v) is 3.89. The van der Waals surface area contributed by atoms with Crippen molar-refractivity contribution in [3.63, 3.8) is 0 Å². The summed E-state index contributed by atoms with van der Waals surface area (Å²) in [6.07, 6.45) is 3.74. The van der Waals surface area contributed by atoms with Gasteiger partial charge < -0.3 is 14.8 Å². The Hall–Kier alpha value is -2.40. The molecule has 0 radical (unpaired) electrons. The number of aromatic nitrogens is 3. The van der Waals surface area contributed by atoms with Crippen LogP contribution in [-0.2, 0) is 7.05 Å². The van der Waals surface area contributed by atoms with Gasteiger partial charge in [-0.05, 0) is 39.2 Å². The van der Waals surface area contributed by atoms with E-state index in [4.69, 9.17) is 4.98 Å². The predicted molar refractivity (Wildman–Crippen MR) is 95.7 cm³/mol. The van der Waals surface area contributed by atoms with E-state index in [2.05, 4.69) is 60.5 Å². The number of anilines is 1. The molecule has 0 amide bonds. The van der Waals surface area contributed by atoms with E-state index >= 15 is 0 Å². The fourth-order valence-electron chi connectivity index (χ4n) is 2.63. The van der Waals surface area contributed by atoms with Crippen LogP contribution in [0.5, 0.6) is 0 Å². The molecule has 0 unspecified atom stereocenters. The van der Waals surface area contributed by atoms with Crippen LogP contribution in [0.1, 0.15) is 5.56 Å². The topological polar surface area (TPSA) is 46.0 Å². The fraction of sp³-hybridized carbons (Fsp3) is 0.333. The first-order valence-corrected chi connectivity index (χ1v) is 7.82. The number of aryl methyl sites for hydroxylation is 2. The molecular weight excluding hydrogens is 286 g/mol. The second-order valence-electron chi connectivity index (χ2n) is 6.17. The highest BCUT2D eigenvalue weighted by Gasteiger charge is 2.11. The van der Waals surface area contributed by atoms with Crippen molar-refractivity contribution in [1.29, 1.82) is 0 Å². The largest absolute Gasteiger partial charge is 0.383 e. The van der Waals surface area contributed by atoms with Gasteiger partial charge in [-0.1, -0.05) is 11.6 Å². The minimum Gasteiger partial charge on any atom is -0.383 e. The molecule has 0 aliphatic heterocycles. The molecule has 0 aliphatic carbocycles. The Balaban J connectivity index is 2.06. The summed E-state index contributed by atoms with van der Waals surface area (Å²) in [7, 11) is 6.15. The van der Waals surface area contributed by atoms with Crippen molar-refractivity contribution in [2.24, 2.45) is 7.05 Å². The van der Waals surface area contributed by atoms with Gasteiger partial charge in [-0.25, -0.2) is 9.97 Å². The Kier molecular flexibility index (Phi) is 4.30. The van der Waals surface area contributed by atoms with Gasteiger partial charge in [-0.3, -0.25) is 0 Å². The number of nitrogens with zero attached hydrogens (tertiary/aromatic N) is 4. The van der Waals surface area contributed by atoms with Crippen molar-refractivity contribution in [2.45, 2.75) is 6.92 Å². The number of fused-ring (bicyclic) bond motifs is 1. The lowest BCUT2D eigenvalue weighted by Gasteiger charge is -2.15. The molecular formula is C18H23N5. The third-order valence-electron chi connectivity index (χ3n) is 3.89. The lowest BCUT2D eigenvalue weighted by Crippen LogP contribution is -2.21. The van der Waals surface area contributed by atoms with Crippen molar-refractivity contribution in [1.82, 2.24) is 19.4 Å². The van der Waals surface area contributed by atoms with Crippen LogP contribution >= 0.6 is 0 Å². The van der Waals surface area contributed by atoms with Crippen LogP contribution in [0.4, 0.5) is 5.69 Å². The van der Waals surface area contributed by atoms with Crippen LogP contribution in [-0.4, -0.2) is 46.6 Å². The van der Waals surface area contributed by atoms with Crippen LogP contribution < -0.4 is 5.32 Å². The maximum absolute atomic E-state index is 4.79.